The van der Waals surface area contributed by atoms with Crippen molar-refractivity contribution in [1.29, 1.82) is 0 Å². The lowest BCUT2D eigenvalue weighted by Crippen LogP contribution is -2.51. The van der Waals surface area contributed by atoms with Crippen molar-refractivity contribution in [3.8, 4) is 0 Å². The molecule has 4 aliphatic rings. The number of ether oxygens (including phenoxy) is 1. The summed E-state index contributed by atoms with van der Waals surface area (Å²) >= 11 is 0. The van der Waals surface area contributed by atoms with E-state index >= 15 is 0 Å². The molecule has 0 heterocycles. The predicted molar refractivity (Wildman–Crippen MR) is 193 cm³/mol. The van der Waals surface area contributed by atoms with Crippen LogP contribution in [0.15, 0.2) is 23.8 Å². The lowest BCUT2D eigenvalue weighted by atomic mass is 9.47. The van der Waals surface area contributed by atoms with Crippen LogP contribution >= 0.6 is 0 Å². The third-order valence-electron chi connectivity index (χ3n) is 13.7. The number of carbonyl (C=O) groups is 1. The maximum atomic E-state index is 12.8. The molecule has 0 aromatic carbocycles. The molecule has 0 saturated heterocycles. The number of allylic oxidation sites excluding steroid dienone is 3. The molecule has 8 atom stereocenters. The second kappa shape index (κ2) is 17.9. The normalized spacial score (nSPS) is 33.5. The summed E-state index contributed by atoms with van der Waals surface area (Å²) in [6.45, 7) is 14.9. The van der Waals surface area contributed by atoms with E-state index in [-0.39, 0.29) is 12.1 Å². The number of rotatable bonds is 19. The highest BCUT2D eigenvalue weighted by Crippen LogP contribution is 2.67. The summed E-state index contributed by atoms with van der Waals surface area (Å²) < 4.78 is 6.11. The number of unbranched alkanes of at least 4 members (excludes halogenated alkanes) is 9. The first-order valence-electron chi connectivity index (χ1n) is 20.2. The lowest BCUT2D eigenvalue weighted by Gasteiger charge is -2.58. The summed E-state index contributed by atoms with van der Waals surface area (Å²) in [4.78, 5) is 12.8. The van der Waals surface area contributed by atoms with Crippen LogP contribution in [0.25, 0.3) is 0 Å². The van der Waals surface area contributed by atoms with Crippen LogP contribution < -0.4 is 0 Å². The molecule has 2 nitrogen and oxygen atoms in total. The van der Waals surface area contributed by atoms with Crippen LogP contribution in [0.3, 0.4) is 0 Å². The highest BCUT2D eigenvalue weighted by Gasteiger charge is 2.59. The highest BCUT2D eigenvalue weighted by atomic mass is 16.5. The first-order chi connectivity index (χ1) is 21.7. The van der Waals surface area contributed by atoms with Crippen molar-refractivity contribution in [3.05, 3.63) is 23.8 Å². The SMILES string of the molecule is CCCCCCC=CCCCCCCCC(=O)O[C@H]1CC[C@@]2(C)C(=CC[C@H]3[C@@H]4CC[C@H]([C@H](C)CCCC(C)C)[C@@]4(C)CC[C@@H]32)C1. The molecule has 2 heteroatoms. The largest absolute Gasteiger partial charge is 0.462 e. The summed E-state index contributed by atoms with van der Waals surface area (Å²) in [5.41, 5.74) is 2.53. The van der Waals surface area contributed by atoms with Gasteiger partial charge in [-0.05, 0) is 123 Å². The lowest BCUT2D eigenvalue weighted by molar-refractivity contribution is -0.151. The van der Waals surface area contributed by atoms with E-state index < -0.39 is 0 Å². The van der Waals surface area contributed by atoms with Crippen molar-refractivity contribution in [1.82, 2.24) is 0 Å². The van der Waals surface area contributed by atoms with Gasteiger partial charge in [-0.1, -0.05) is 123 Å². The van der Waals surface area contributed by atoms with Crippen molar-refractivity contribution in [2.24, 2.45) is 46.3 Å². The van der Waals surface area contributed by atoms with E-state index in [1.54, 1.807) is 5.57 Å². The molecular formula is C43H74O2. The monoisotopic (exact) mass is 623 g/mol. The van der Waals surface area contributed by atoms with Crippen molar-refractivity contribution in [3.63, 3.8) is 0 Å². The molecule has 3 fully saturated rings. The Morgan fingerprint density at radius 2 is 1.56 bits per heavy atom. The Morgan fingerprint density at radius 3 is 2.29 bits per heavy atom. The van der Waals surface area contributed by atoms with Gasteiger partial charge in [0, 0.05) is 12.8 Å². The summed E-state index contributed by atoms with van der Waals surface area (Å²) in [6, 6.07) is 0. The van der Waals surface area contributed by atoms with E-state index in [1.807, 2.05) is 0 Å². The van der Waals surface area contributed by atoms with Gasteiger partial charge in [0.1, 0.15) is 6.10 Å². The Balaban J connectivity index is 1.16. The fourth-order valence-electron chi connectivity index (χ4n) is 11.0. The number of hydrogen-bond acceptors (Lipinski definition) is 2. The Morgan fingerprint density at radius 1 is 0.844 bits per heavy atom. The zero-order chi connectivity index (χ0) is 32.3. The van der Waals surface area contributed by atoms with Gasteiger partial charge in [-0.15, -0.1) is 0 Å². The third-order valence-corrected chi connectivity index (χ3v) is 13.7. The molecule has 3 saturated carbocycles. The summed E-state index contributed by atoms with van der Waals surface area (Å²) in [6.07, 6.45) is 36.5. The standard InChI is InChI=1S/C43H74O2/c1-7-8-9-10-11-12-13-14-15-16-17-18-19-23-41(44)45-36-28-30-42(5)35(32-36)24-25-37-39-27-26-38(34(4)22-20-21-33(2)3)43(39,6)31-29-40(37)42/h12-13,24,33-34,36-40H,7-11,14-23,25-32H2,1-6H3/t34-,36+,37+,38-,39+,40+,42+,43-/m1/s1. The average Bonchev–Trinajstić information content (AvgIpc) is 3.37. The molecule has 0 spiro atoms. The van der Waals surface area contributed by atoms with Gasteiger partial charge in [-0.25, -0.2) is 0 Å². The van der Waals surface area contributed by atoms with Gasteiger partial charge in [0.2, 0.25) is 0 Å². The predicted octanol–water partition coefficient (Wildman–Crippen LogP) is 13.2. The molecule has 258 valence electrons. The maximum Gasteiger partial charge on any atom is 0.306 e. The number of esters is 1. The Kier molecular flexibility index (Phi) is 14.6. The number of carbonyl (C=O) groups excluding carboxylic acids is 1. The second-order valence-corrected chi connectivity index (χ2v) is 17.3. The quantitative estimate of drug-likeness (QED) is 0.0814. The van der Waals surface area contributed by atoms with Gasteiger partial charge in [-0.2, -0.15) is 0 Å². The minimum absolute atomic E-state index is 0.0526. The van der Waals surface area contributed by atoms with Crippen LogP contribution in [-0.2, 0) is 9.53 Å². The molecular weight excluding hydrogens is 548 g/mol. The molecule has 0 amide bonds. The molecule has 0 aromatic rings. The minimum atomic E-state index is 0.0526. The van der Waals surface area contributed by atoms with Crippen LogP contribution in [-0.4, -0.2) is 12.1 Å². The van der Waals surface area contributed by atoms with Crippen molar-refractivity contribution >= 4 is 5.97 Å². The zero-order valence-electron chi connectivity index (χ0n) is 30.9. The fourth-order valence-corrected chi connectivity index (χ4v) is 11.0. The van der Waals surface area contributed by atoms with Crippen molar-refractivity contribution < 1.29 is 9.53 Å². The first-order valence-corrected chi connectivity index (χ1v) is 20.2. The van der Waals surface area contributed by atoms with E-state index in [1.165, 1.54) is 116 Å². The Hall–Kier alpha value is -1.05. The first kappa shape index (κ1) is 36.8. The van der Waals surface area contributed by atoms with Gasteiger partial charge >= 0.3 is 5.97 Å². The van der Waals surface area contributed by atoms with E-state index in [9.17, 15) is 4.79 Å². The Labute approximate surface area is 280 Å². The Bertz CT molecular complexity index is 945. The van der Waals surface area contributed by atoms with Crippen LogP contribution in [0.5, 0.6) is 0 Å². The van der Waals surface area contributed by atoms with E-state index in [4.69, 9.17) is 4.74 Å². The average molecular weight is 623 g/mol. The fraction of sp³-hybridized carbons (Fsp3) is 0.884. The summed E-state index contributed by atoms with van der Waals surface area (Å²) in [5, 5.41) is 0. The van der Waals surface area contributed by atoms with Gasteiger partial charge in [0.15, 0.2) is 0 Å². The molecule has 4 aliphatic carbocycles. The smallest absolute Gasteiger partial charge is 0.306 e. The van der Waals surface area contributed by atoms with Gasteiger partial charge in [0.05, 0.1) is 0 Å². The van der Waals surface area contributed by atoms with E-state index in [2.05, 4.69) is 59.8 Å². The molecule has 0 N–H and O–H groups in total. The minimum Gasteiger partial charge on any atom is -0.462 e. The molecule has 0 unspecified atom stereocenters. The number of fused-ring (bicyclic) bond motifs is 5. The van der Waals surface area contributed by atoms with Gasteiger partial charge < -0.3 is 4.74 Å². The second-order valence-electron chi connectivity index (χ2n) is 17.3. The molecule has 4 rings (SSSR count). The molecule has 0 aromatic heterocycles. The molecule has 0 bridgehead atoms. The molecule has 45 heavy (non-hydrogen) atoms. The van der Waals surface area contributed by atoms with E-state index in [0.29, 0.717) is 17.3 Å². The number of hydrogen-bond donors (Lipinski definition) is 0. The van der Waals surface area contributed by atoms with Gasteiger partial charge in [-0.3, -0.25) is 4.79 Å². The van der Waals surface area contributed by atoms with Crippen molar-refractivity contribution in [2.45, 2.75) is 195 Å². The van der Waals surface area contributed by atoms with Crippen LogP contribution in [0.4, 0.5) is 0 Å². The van der Waals surface area contributed by atoms with E-state index in [0.717, 1.165) is 61.2 Å². The van der Waals surface area contributed by atoms with Crippen LogP contribution in [0, 0.1) is 46.3 Å². The highest BCUT2D eigenvalue weighted by molar-refractivity contribution is 5.69. The topological polar surface area (TPSA) is 26.3 Å². The van der Waals surface area contributed by atoms with Crippen LogP contribution in [0.1, 0.15) is 189 Å². The third kappa shape index (κ3) is 9.75. The van der Waals surface area contributed by atoms with Crippen molar-refractivity contribution in [2.75, 3.05) is 0 Å². The molecule has 0 aliphatic heterocycles. The molecule has 0 radical (unpaired) electrons. The summed E-state index contributed by atoms with van der Waals surface area (Å²) in [7, 11) is 0. The van der Waals surface area contributed by atoms with Gasteiger partial charge in [0.25, 0.3) is 0 Å². The maximum absolute atomic E-state index is 12.8. The zero-order valence-corrected chi connectivity index (χ0v) is 30.9. The van der Waals surface area contributed by atoms with Crippen LogP contribution in [0.2, 0.25) is 0 Å². The summed E-state index contributed by atoms with van der Waals surface area (Å²) in [5.74, 6) is 5.32.